The van der Waals surface area contributed by atoms with Crippen LogP contribution in [0.2, 0.25) is 0 Å². The van der Waals surface area contributed by atoms with Gasteiger partial charge in [0.05, 0.1) is 6.54 Å². The Bertz CT molecular complexity index is 641. The van der Waals surface area contributed by atoms with E-state index >= 15 is 0 Å². The average Bonchev–Trinajstić information content (AvgIpc) is 3.12. The van der Waals surface area contributed by atoms with Gasteiger partial charge < -0.3 is 10.6 Å². The predicted octanol–water partition coefficient (Wildman–Crippen LogP) is 3.58. The highest BCUT2D eigenvalue weighted by Gasteiger charge is 2.05. The summed E-state index contributed by atoms with van der Waals surface area (Å²) in [5.74, 6) is 0.852. The van der Waals surface area contributed by atoms with E-state index in [2.05, 4.69) is 63.8 Å². The van der Waals surface area contributed by atoms with Crippen molar-refractivity contribution in [2.24, 2.45) is 4.99 Å². The first-order chi connectivity index (χ1) is 12.2. The van der Waals surface area contributed by atoms with Crippen molar-refractivity contribution >= 4 is 29.9 Å². The molecule has 1 heterocycles. The lowest BCUT2D eigenvalue weighted by Gasteiger charge is -2.18. The summed E-state index contributed by atoms with van der Waals surface area (Å²) in [6.07, 6.45) is 8.26. The molecule has 0 aliphatic carbocycles. The Morgan fingerprint density at radius 1 is 1.27 bits per heavy atom. The molecule has 0 fully saturated rings. The van der Waals surface area contributed by atoms with E-state index in [0.29, 0.717) is 6.04 Å². The lowest BCUT2D eigenvalue weighted by Crippen LogP contribution is -2.41. The molecule has 0 saturated heterocycles. The number of unbranched alkanes of at least 4 members (excludes halogenated alkanes) is 2. The van der Waals surface area contributed by atoms with Gasteiger partial charge in [0.15, 0.2) is 5.96 Å². The highest BCUT2D eigenvalue weighted by atomic mass is 127. The van der Waals surface area contributed by atoms with Gasteiger partial charge in [-0.15, -0.1) is 24.0 Å². The Hall–Kier alpha value is -1.64. The van der Waals surface area contributed by atoms with Gasteiger partial charge in [0.25, 0.3) is 0 Å². The number of guanidine groups is 1. The van der Waals surface area contributed by atoms with Crippen LogP contribution >= 0.6 is 24.0 Å². The maximum absolute atomic E-state index is 4.33. The first kappa shape index (κ1) is 22.4. The number of nitrogens with zero attached hydrogens (tertiary/aromatic N) is 4. The van der Waals surface area contributed by atoms with E-state index in [9.17, 15) is 0 Å². The molecule has 1 unspecified atom stereocenters. The zero-order valence-electron chi connectivity index (χ0n) is 16.0. The normalized spacial score (nSPS) is 12.3. The van der Waals surface area contributed by atoms with Gasteiger partial charge in [-0.2, -0.15) is 5.10 Å². The Labute approximate surface area is 173 Å². The minimum Gasteiger partial charge on any atom is -0.354 e. The molecule has 0 saturated carbocycles. The number of rotatable bonds is 9. The molecule has 0 amide bonds. The predicted molar refractivity (Wildman–Crippen MR) is 118 cm³/mol. The number of nitrogens with one attached hydrogen (secondary N) is 2. The summed E-state index contributed by atoms with van der Waals surface area (Å²) in [6, 6.07) is 8.92. The van der Waals surface area contributed by atoms with E-state index in [4.69, 9.17) is 0 Å². The van der Waals surface area contributed by atoms with E-state index in [1.807, 2.05) is 11.7 Å². The Balaban J connectivity index is 0.00000338. The zero-order valence-corrected chi connectivity index (χ0v) is 18.3. The average molecular weight is 470 g/mol. The first-order valence-corrected chi connectivity index (χ1v) is 9.08. The molecular formula is C19H31IN6. The van der Waals surface area contributed by atoms with Gasteiger partial charge in [0.2, 0.25) is 0 Å². The van der Waals surface area contributed by atoms with Crippen LogP contribution in [0.1, 0.15) is 50.7 Å². The van der Waals surface area contributed by atoms with Gasteiger partial charge >= 0.3 is 0 Å². The van der Waals surface area contributed by atoms with E-state index < -0.39 is 0 Å². The zero-order chi connectivity index (χ0) is 17.9. The molecule has 2 aromatic rings. The molecule has 1 aromatic heterocycles. The second-order valence-corrected chi connectivity index (χ2v) is 6.38. The van der Waals surface area contributed by atoms with Crippen molar-refractivity contribution in [1.82, 2.24) is 25.4 Å². The summed E-state index contributed by atoms with van der Waals surface area (Å²) in [4.78, 5) is 8.31. The van der Waals surface area contributed by atoms with Crippen LogP contribution in [-0.4, -0.2) is 33.8 Å². The van der Waals surface area contributed by atoms with E-state index in [0.717, 1.165) is 19.0 Å². The molecule has 2 N–H and O–H groups in total. The number of benzene rings is 1. The molecule has 6 nitrogen and oxygen atoms in total. The molecule has 1 aromatic carbocycles. The van der Waals surface area contributed by atoms with Crippen LogP contribution in [0.4, 0.5) is 0 Å². The lowest BCUT2D eigenvalue weighted by atomic mass is 10.1. The van der Waals surface area contributed by atoms with Crippen LogP contribution in [0.3, 0.4) is 0 Å². The van der Waals surface area contributed by atoms with Crippen LogP contribution in [0.15, 0.2) is 41.9 Å². The Kier molecular flexibility index (Phi) is 10.9. The third-order valence-corrected chi connectivity index (χ3v) is 4.11. The molecule has 1 atom stereocenters. The Morgan fingerprint density at radius 2 is 2.08 bits per heavy atom. The summed E-state index contributed by atoms with van der Waals surface area (Å²) in [7, 11) is 1.81. The monoisotopic (exact) mass is 470 g/mol. The highest BCUT2D eigenvalue weighted by molar-refractivity contribution is 14.0. The molecule has 0 bridgehead atoms. The Morgan fingerprint density at radius 3 is 2.77 bits per heavy atom. The van der Waals surface area contributed by atoms with Crippen LogP contribution in [0, 0.1) is 0 Å². The van der Waals surface area contributed by atoms with E-state index in [1.54, 1.807) is 12.7 Å². The minimum absolute atomic E-state index is 0. The van der Waals surface area contributed by atoms with Gasteiger partial charge in [0.1, 0.15) is 12.7 Å². The van der Waals surface area contributed by atoms with Crippen LogP contribution in [0.5, 0.6) is 0 Å². The maximum Gasteiger partial charge on any atom is 0.191 e. The summed E-state index contributed by atoms with van der Waals surface area (Å²) in [5, 5.41) is 11.0. The largest absolute Gasteiger partial charge is 0.354 e. The summed E-state index contributed by atoms with van der Waals surface area (Å²) in [6.45, 7) is 5.92. The molecule has 2 rings (SSSR count). The fourth-order valence-electron chi connectivity index (χ4n) is 2.73. The van der Waals surface area contributed by atoms with Crippen molar-refractivity contribution < 1.29 is 0 Å². The first-order valence-electron chi connectivity index (χ1n) is 9.08. The second-order valence-electron chi connectivity index (χ2n) is 6.38. The minimum atomic E-state index is 0. The second kappa shape index (κ2) is 12.7. The number of hydrogen-bond donors (Lipinski definition) is 2. The number of aliphatic imine (C=N–C) groups is 1. The number of hydrogen-bond acceptors (Lipinski definition) is 3. The van der Waals surface area contributed by atoms with Gasteiger partial charge in [-0.05, 0) is 24.5 Å². The van der Waals surface area contributed by atoms with Crippen molar-refractivity contribution in [2.45, 2.75) is 58.7 Å². The molecule has 0 aliphatic heterocycles. The third kappa shape index (κ3) is 8.16. The van der Waals surface area contributed by atoms with Crippen LogP contribution < -0.4 is 10.6 Å². The fourth-order valence-corrected chi connectivity index (χ4v) is 2.73. The van der Waals surface area contributed by atoms with E-state index in [1.165, 1.54) is 36.8 Å². The van der Waals surface area contributed by atoms with Crippen molar-refractivity contribution in [1.29, 1.82) is 0 Å². The van der Waals surface area contributed by atoms with Gasteiger partial charge in [-0.3, -0.25) is 4.99 Å². The summed E-state index contributed by atoms with van der Waals surface area (Å²) < 4.78 is 1.82. The maximum atomic E-state index is 4.33. The molecular weight excluding hydrogens is 439 g/mol. The highest BCUT2D eigenvalue weighted by Crippen LogP contribution is 2.07. The molecule has 0 aliphatic rings. The van der Waals surface area contributed by atoms with Crippen molar-refractivity contribution in [3.8, 4) is 0 Å². The third-order valence-electron chi connectivity index (χ3n) is 4.11. The molecule has 0 radical (unpaired) electrons. The quantitative estimate of drug-likeness (QED) is 0.255. The fraction of sp³-hybridized carbons (Fsp3) is 0.526. The molecule has 7 heteroatoms. The van der Waals surface area contributed by atoms with Crippen LogP contribution in [0.25, 0.3) is 0 Å². The molecule has 26 heavy (non-hydrogen) atoms. The molecule has 144 valence electrons. The van der Waals surface area contributed by atoms with E-state index in [-0.39, 0.29) is 24.0 Å². The SMILES string of the molecule is CCCCCC(C)NC(=NC)NCc1cccc(Cn2cncn2)c1.I. The van der Waals surface area contributed by atoms with Crippen LogP contribution in [-0.2, 0) is 13.1 Å². The van der Waals surface area contributed by atoms with Crippen molar-refractivity contribution in [3.63, 3.8) is 0 Å². The van der Waals surface area contributed by atoms with Crippen molar-refractivity contribution in [2.75, 3.05) is 7.05 Å². The summed E-state index contributed by atoms with van der Waals surface area (Å²) >= 11 is 0. The topological polar surface area (TPSA) is 67.1 Å². The smallest absolute Gasteiger partial charge is 0.191 e. The lowest BCUT2D eigenvalue weighted by molar-refractivity contribution is 0.546. The number of aromatic nitrogens is 3. The van der Waals surface area contributed by atoms with Gasteiger partial charge in [-0.1, -0.05) is 50.5 Å². The summed E-state index contributed by atoms with van der Waals surface area (Å²) in [5.41, 5.74) is 2.43. The number of halogens is 1. The van der Waals surface area contributed by atoms with Gasteiger partial charge in [0, 0.05) is 19.6 Å². The van der Waals surface area contributed by atoms with Gasteiger partial charge in [-0.25, -0.2) is 9.67 Å². The molecule has 0 spiro atoms. The standard InChI is InChI=1S/C19H30N6.HI/c1-4-5-6-8-16(2)24-19(20-3)22-12-17-9-7-10-18(11-17)13-25-15-21-14-23-25;/h7,9-11,14-16H,4-6,8,12-13H2,1-3H3,(H2,20,22,24);1H. The van der Waals surface area contributed by atoms with Crippen molar-refractivity contribution in [3.05, 3.63) is 48.0 Å².